The van der Waals surface area contributed by atoms with E-state index < -0.39 is 12.2 Å². The topological polar surface area (TPSA) is 78.8 Å². The highest BCUT2D eigenvalue weighted by molar-refractivity contribution is 14.1. The number of halogens is 1. The van der Waals surface area contributed by atoms with Crippen LogP contribution in [-0.2, 0) is 4.74 Å². The molecule has 1 amide bonds. The molecule has 0 radical (unpaired) electrons. The number of aliphatic hydroxyl groups is 1. The summed E-state index contributed by atoms with van der Waals surface area (Å²) in [4.78, 5) is 12.2. The lowest BCUT2D eigenvalue weighted by molar-refractivity contribution is 0.0652. The van der Waals surface area contributed by atoms with Gasteiger partial charge in [0.25, 0.3) is 0 Å². The number of hydrogen-bond acceptors (Lipinski definition) is 4. The predicted octanol–water partition coefficient (Wildman–Crippen LogP) is 4.31. The van der Waals surface area contributed by atoms with Crippen LogP contribution >= 0.6 is 22.6 Å². The summed E-state index contributed by atoms with van der Waals surface area (Å²) in [6.07, 6.45) is -0.807. The maximum Gasteiger partial charge on any atom is 0.412 e. The standard InChI is InChI=1S/C18H20INO4/c1-12(9-10-21)17(15-11-13(19)7-8-16(15)22)24-18(23)20-14-5-3-2-4-6-14/h2-8,11-12,17,21-22H,9-10H2,1H3,(H,20,23)/t12-,17-/m0/s1. The molecule has 2 aromatic carbocycles. The number of phenolic OH excluding ortho intramolecular Hbond substituents is 1. The second-order valence-electron chi connectivity index (χ2n) is 5.51. The van der Waals surface area contributed by atoms with Gasteiger partial charge in [0.1, 0.15) is 11.9 Å². The summed E-state index contributed by atoms with van der Waals surface area (Å²) in [7, 11) is 0. The smallest absolute Gasteiger partial charge is 0.412 e. The average molecular weight is 441 g/mol. The van der Waals surface area contributed by atoms with E-state index >= 15 is 0 Å². The van der Waals surface area contributed by atoms with Crippen LogP contribution in [0.2, 0.25) is 0 Å². The number of benzene rings is 2. The number of nitrogens with one attached hydrogen (secondary N) is 1. The van der Waals surface area contributed by atoms with Crippen LogP contribution in [0.4, 0.5) is 10.5 Å². The number of carbonyl (C=O) groups is 1. The Morgan fingerprint density at radius 1 is 1.25 bits per heavy atom. The van der Waals surface area contributed by atoms with Gasteiger partial charge in [-0.1, -0.05) is 25.1 Å². The van der Waals surface area contributed by atoms with E-state index in [2.05, 4.69) is 27.9 Å². The number of phenols is 1. The molecular formula is C18H20INO4. The SMILES string of the molecule is C[C@@H](CCO)[C@H](OC(=O)Nc1ccccc1)c1cc(I)ccc1O. The second kappa shape index (κ2) is 8.89. The van der Waals surface area contributed by atoms with Gasteiger partial charge < -0.3 is 14.9 Å². The van der Waals surface area contributed by atoms with Crippen molar-refractivity contribution in [2.45, 2.75) is 19.4 Å². The lowest BCUT2D eigenvalue weighted by Crippen LogP contribution is -2.22. The summed E-state index contributed by atoms with van der Waals surface area (Å²) >= 11 is 2.14. The van der Waals surface area contributed by atoms with E-state index in [1.807, 2.05) is 25.1 Å². The van der Waals surface area contributed by atoms with Crippen molar-refractivity contribution in [3.8, 4) is 5.75 Å². The van der Waals surface area contributed by atoms with Gasteiger partial charge in [0, 0.05) is 21.4 Å². The summed E-state index contributed by atoms with van der Waals surface area (Å²) in [5.41, 5.74) is 1.16. The molecule has 2 rings (SSSR count). The summed E-state index contributed by atoms with van der Waals surface area (Å²) in [6, 6.07) is 14.1. The maximum atomic E-state index is 12.2. The molecule has 2 atom stereocenters. The molecule has 6 heteroatoms. The Labute approximate surface area is 154 Å². The second-order valence-corrected chi connectivity index (χ2v) is 6.76. The van der Waals surface area contributed by atoms with Gasteiger partial charge >= 0.3 is 6.09 Å². The number of amides is 1. The van der Waals surface area contributed by atoms with E-state index in [-0.39, 0.29) is 18.3 Å². The zero-order chi connectivity index (χ0) is 17.5. The van der Waals surface area contributed by atoms with Crippen LogP contribution in [0.5, 0.6) is 5.75 Å². The highest BCUT2D eigenvalue weighted by atomic mass is 127. The highest BCUT2D eigenvalue weighted by Crippen LogP contribution is 2.35. The van der Waals surface area contributed by atoms with Crippen molar-refractivity contribution in [1.29, 1.82) is 0 Å². The lowest BCUT2D eigenvalue weighted by Gasteiger charge is -2.25. The first-order chi connectivity index (χ1) is 11.5. The summed E-state index contributed by atoms with van der Waals surface area (Å²) in [6.45, 7) is 1.85. The van der Waals surface area contributed by atoms with E-state index in [0.717, 1.165) is 3.57 Å². The van der Waals surface area contributed by atoms with Gasteiger partial charge in [0.05, 0.1) is 0 Å². The molecule has 0 spiro atoms. The molecule has 128 valence electrons. The summed E-state index contributed by atoms with van der Waals surface area (Å²) in [5.74, 6) is -0.0849. The summed E-state index contributed by atoms with van der Waals surface area (Å²) < 4.78 is 6.49. The molecule has 0 aromatic heterocycles. The minimum atomic E-state index is -0.657. The van der Waals surface area contributed by atoms with Crippen LogP contribution in [0.15, 0.2) is 48.5 Å². The van der Waals surface area contributed by atoms with Gasteiger partial charge in [-0.05, 0) is 65.3 Å². The third kappa shape index (κ3) is 5.10. The Morgan fingerprint density at radius 3 is 2.62 bits per heavy atom. The molecular weight excluding hydrogens is 421 g/mol. The monoisotopic (exact) mass is 441 g/mol. The Bertz CT molecular complexity index is 678. The Morgan fingerprint density at radius 2 is 1.96 bits per heavy atom. The number of carbonyl (C=O) groups excluding carboxylic acids is 1. The molecule has 0 saturated heterocycles. The zero-order valence-corrected chi connectivity index (χ0v) is 15.4. The first-order valence-corrected chi connectivity index (χ1v) is 8.71. The molecule has 0 fully saturated rings. The largest absolute Gasteiger partial charge is 0.508 e. The molecule has 0 aliphatic carbocycles. The number of rotatable bonds is 6. The first kappa shape index (κ1) is 18.5. The fourth-order valence-corrected chi connectivity index (χ4v) is 2.89. The van der Waals surface area contributed by atoms with E-state index in [1.54, 1.807) is 30.3 Å². The molecule has 0 saturated carbocycles. The number of anilines is 1. The molecule has 3 N–H and O–H groups in total. The predicted molar refractivity (Wildman–Crippen MR) is 101 cm³/mol. The molecule has 5 nitrogen and oxygen atoms in total. The molecule has 0 unspecified atom stereocenters. The molecule has 2 aromatic rings. The van der Waals surface area contributed by atoms with Crippen molar-refractivity contribution in [3.63, 3.8) is 0 Å². The number of hydrogen-bond donors (Lipinski definition) is 3. The quantitative estimate of drug-likeness (QED) is 0.584. The maximum absolute atomic E-state index is 12.2. The van der Waals surface area contributed by atoms with Crippen LogP contribution in [-0.4, -0.2) is 22.9 Å². The lowest BCUT2D eigenvalue weighted by atomic mass is 9.94. The molecule has 0 aliphatic heterocycles. The molecule has 24 heavy (non-hydrogen) atoms. The normalized spacial score (nSPS) is 13.1. The minimum absolute atomic E-state index is 0.0218. The fourth-order valence-electron chi connectivity index (χ4n) is 2.38. The van der Waals surface area contributed by atoms with Crippen LogP contribution < -0.4 is 5.32 Å². The van der Waals surface area contributed by atoms with Crippen molar-refractivity contribution in [1.82, 2.24) is 0 Å². The third-order valence-corrected chi connectivity index (χ3v) is 4.32. The molecule has 0 heterocycles. The highest BCUT2D eigenvalue weighted by Gasteiger charge is 2.26. The van der Waals surface area contributed by atoms with E-state index in [0.29, 0.717) is 17.7 Å². The third-order valence-electron chi connectivity index (χ3n) is 3.65. The van der Waals surface area contributed by atoms with Crippen LogP contribution in [0.1, 0.15) is 25.0 Å². The van der Waals surface area contributed by atoms with Gasteiger partial charge in [-0.3, -0.25) is 5.32 Å². The van der Waals surface area contributed by atoms with Crippen molar-refractivity contribution < 1.29 is 19.7 Å². The molecule has 0 aliphatic rings. The van der Waals surface area contributed by atoms with Crippen LogP contribution in [0.3, 0.4) is 0 Å². The first-order valence-electron chi connectivity index (χ1n) is 7.63. The number of aliphatic hydroxyl groups excluding tert-OH is 1. The van der Waals surface area contributed by atoms with E-state index in [9.17, 15) is 15.0 Å². The Kier molecular flexibility index (Phi) is 6.86. The van der Waals surface area contributed by atoms with Crippen molar-refractivity contribution in [2.75, 3.05) is 11.9 Å². The van der Waals surface area contributed by atoms with Gasteiger partial charge in [-0.25, -0.2) is 4.79 Å². The van der Waals surface area contributed by atoms with Gasteiger partial charge in [0.2, 0.25) is 0 Å². The molecule has 0 bridgehead atoms. The Balaban J connectivity index is 2.20. The van der Waals surface area contributed by atoms with Crippen molar-refractivity contribution in [3.05, 3.63) is 57.7 Å². The van der Waals surface area contributed by atoms with E-state index in [4.69, 9.17) is 4.74 Å². The van der Waals surface area contributed by atoms with Crippen LogP contribution in [0, 0.1) is 9.49 Å². The fraction of sp³-hybridized carbons (Fsp3) is 0.278. The Hall–Kier alpha value is -1.80. The van der Waals surface area contributed by atoms with Crippen molar-refractivity contribution in [2.24, 2.45) is 5.92 Å². The number of ether oxygens (including phenoxy) is 1. The van der Waals surface area contributed by atoms with E-state index in [1.165, 1.54) is 0 Å². The van der Waals surface area contributed by atoms with Crippen LogP contribution in [0.25, 0.3) is 0 Å². The summed E-state index contributed by atoms with van der Waals surface area (Å²) in [5, 5.41) is 22.0. The average Bonchev–Trinajstić information content (AvgIpc) is 2.56. The van der Waals surface area contributed by atoms with Gasteiger partial charge in [0.15, 0.2) is 0 Å². The van der Waals surface area contributed by atoms with Gasteiger partial charge in [-0.2, -0.15) is 0 Å². The van der Waals surface area contributed by atoms with Crippen molar-refractivity contribution >= 4 is 34.4 Å². The van der Waals surface area contributed by atoms with Gasteiger partial charge in [-0.15, -0.1) is 0 Å². The zero-order valence-electron chi connectivity index (χ0n) is 13.3. The number of para-hydroxylation sites is 1. The minimum Gasteiger partial charge on any atom is -0.508 e. The number of aromatic hydroxyl groups is 1.